The fraction of sp³-hybridized carbons (Fsp3) is 0.200. The molecule has 1 N–H and O–H groups in total. The first-order valence-electron chi connectivity index (χ1n) is 8.14. The number of ether oxygens (including phenoxy) is 1. The maximum atomic E-state index is 12.6. The number of fused-ring (bicyclic) bond motifs is 1. The Bertz CT molecular complexity index is 914. The maximum absolute atomic E-state index is 12.6. The van der Waals surface area contributed by atoms with Crippen LogP contribution in [0.1, 0.15) is 27.0 Å². The maximum Gasteiger partial charge on any atom is 0.337 e. The third kappa shape index (κ3) is 3.39. The van der Waals surface area contributed by atoms with Crippen LogP contribution in [0.15, 0.2) is 42.1 Å². The van der Waals surface area contributed by atoms with E-state index in [4.69, 9.17) is 0 Å². The molecule has 0 atom stereocenters. The van der Waals surface area contributed by atoms with Crippen molar-refractivity contribution in [1.82, 2.24) is 4.98 Å². The van der Waals surface area contributed by atoms with Gasteiger partial charge in [-0.2, -0.15) is 0 Å². The van der Waals surface area contributed by atoms with E-state index in [2.05, 4.69) is 15.0 Å². The summed E-state index contributed by atoms with van der Waals surface area (Å²) in [4.78, 5) is 40.7. The molecule has 1 heterocycles. The van der Waals surface area contributed by atoms with Crippen molar-refractivity contribution in [2.24, 2.45) is 0 Å². The topological polar surface area (TPSA) is 85.4 Å². The third-order valence-corrected chi connectivity index (χ3v) is 4.31. The number of carbonyl (C=O) groups is 3. The Labute approximate surface area is 150 Å². The van der Waals surface area contributed by atoms with E-state index in [1.165, 1.54) is 7.11 Å². The van der Waals surface area contributed by atoms with Crippen molar-refractivity contribution in [2.75, 3.05) is 19.5 Å². The second-order valence-electron chi connectivity index (χ2n) is 5.92. The van der Waals surface area contributed by atoms with Gasteiger partial charge in [-0.1, -0.05) is 12.1 Å². The van der Waals surface area contributed by atoms with Gasteiger partial charge in [-0.05, 0) is 35.4 Å². The van der Waals surface area contributed by atoms with E-state index in [-0.39, 0.29) is 30.0 Å². The number of rotatable bonds is 5. The molecule has 0 spiro atoms. The normalized spacial score (nSPS) is 12.8. The molecule has 6 heteroatoms. The highest BCUT2D eigenvalue weighted by Gasteiger charge is 2.25. The van der Waals surface area contributed by atoms with Gasteiger partial charge in [0.15, 0.2) is 11.6 Å². The quantitative estimate of drug-likeness (QED) is 0.657. The molecular weight excluding hydrogens is 332 g/mol. The molecule has 0 amide bonds. The second kappa shape index (κ2) is 7.31. The lowest BCUT2D eigenvalue weighted by Gasteiger charge is -2.17. The van der Waals surface area contributed by atoms with E-state index in [9.17, 15) is 14.4 Å². The van der Waals surface area contributed by atoms with Gasteiger partial charge in [0.05, 0.1) is 18.2 Å². The van der Waals surface area contributed by atoms with Crippen LogP contribution in [0.5, 0.6) is 0 Å². The first-order chi connectivity index (χ1) is 12.5. The molecular formula is C20H18N2O4. The van der Waals surface area contributed by atoms with Gasteiger partial charge in [0.2, 0.25) is 0 Å². The number of nitrogens with one attached hydrogen (secondary N) is 1. The largest absolute Gasteiger partial charge is 0.465 e. The van der Waals surface area contributed by atoms with Gasteiger partial charge in [-0.25, -0.2) is 9.78 Å². The number of esters is 1. The predicted octanol–water partition coefficient (Wildman–Crippen LogP) is 2.23. The fourth-order valence-electron chi connectivity index (χ4n) is 2.93. The van der Waals surface area contributed by atoms with E-state index in [1.54, 1.807) is 49.7 Å². The zero-order valence-electron chi connectivity index (χ0n) is 14.5. The Kier molecular flexibility index (Phi) is 4.93. The molecule has 1 aromatic carbocycles. The van der Waals surface area contributed by atoms with Crippen LogP contribution in [-0.4, -0.2) is 36.7 Å². The van der Waals surface area contributed by atoms with Crippen molar-refractivity contribution >= 4 is 29.4 Å². The first-order valence-corrected chi connectivity index (χ1v) is 8.14. The van der Waals surface area contributed by atoms with Crippen molar-refractivity contribution in [3.63, 3.8) is 0 Å². The number of benzene rings is 1. The van der Waals surface area contributed by atoms with Gasteiger partial charge >= 0.3 is 5.97 Å². The van der Waals surface area contributed by atoms with E-state index >= 15 is 0 Å². The molecule has 1 aromatic heterocycles. The summed E-state index contributed by atoms with van der Waals surface area (Å²) in [7, 11) is 3.06. The Morgan fingerprint density at radius 3 is 2.58 bits per heavy atom. The Morgan fingerprint density at radius 2 is 1.92 bits per heavy atom. The number of Topliss-reactive ketones (excluding diaryl/α,β-unsaturated/α-hetero) is 2. The lowest BCUT2D eigenvalue weighted by Crippen LogP contribution is -2.21. The van der Waals surface area contributed by atoms with Crippen LogP contribution >= 0.6 is 0 Å². The van der Waals surface area contributed by atoms with Crippen LogP contribution in [0.4, 0.5) is 5.82 Å². The van der Waals surface area contributed by atoms with E-state index in [0.29, 0.717) is 11.4 Å². The number of anilines is 1. The molecule has 0 aliphatic heterocycles. The summed E-state index contributed by atoms with van der Waals surface area (Å²) in [5.41, 5.74) is 2.97. The lowest BCUT2D eigenvalue weighted by molar-refractivity contribution is -0.120. The van der Waals surface area contributed by atoms with Crippen LogP contribution in [0.3, 0.4) is 0 Å². The van der Waals surface area contributed by atoms with Crippen molar-refractivity contribution in [3.8, 4) is 0 Å². The van der Waals surface area contributed by atoms with Gasteiger partial charge in [-0.15, -0.1) is 0 Å². The number of allylic oxidation sites excluding steroid dienone is 1. The van der Waals surface area contributed by atoms with Crippen LogP contribution in [0, 0.1) is 0 Å². The monoisotopic (exact) mass is 350 g/mol. The zero-order chi connectivity index (χ0) is 18.7. The number of carbonyl (C=O) groups excluding carboxylic acids is 3. The summed E-state index contributed by atoms with van der Waals surface area (Å²) in [6, 6.07) is 8.38. The standard InChI is InChI=1S/C20H18N2O4/c1-21-19-15-11-18(24)16(10-14(15)7-8-22-19)17(23)9-12-3-5-13(6-4-12)20(25)26-2/h3-8,10H,9,11H2,1-2H3,(H,21,22). The molecule has 0 saturated carbocycles. The SMILES string of the molecule is CNc1nccc2c1CC(=O)C(C(=O)Cc1ccc(C(=O)OC)cc1)=C2. The number of nitrogens with zero attached hydrogens (tertiary/aromatic N) is 1. The Balaban J connectivity index is 1.82. The third-order valence-electron chi connectivity index (χ3n) is 4.31. The highest BCUT2D eigenvalue weighted by Crippen LogP contribution is 2.27. The number of pyridine rings is 1. The Hall–Kier alpha value is -3.28. The summed E-state index contributed by atoms with van der Waals surface area (Å²) in [6.07, 6.45) is 3.52. The summed E-state index contributed by atoms with van der Waals surface area (Å²) in [5, 5.41) is 2.96. The molecule has 0 fully saturated rings. The average Bonchev–Trinajstić information content (AvgIpc) is 2.66. The minimum atomic E-state index is -0.432. The Morgan fingerprint density at radius 1 is 1.19 bits per heavy atom. The fourth-order valence-corrected chi connectivity index (χ4v) is 2.93. The molecule has 0 radical (unpaired) electrons. The lowest BCUT2D eigenvalue weighted by atomic mass is 9.88. The smallest absolute Gasteiger partial charge is 0.337 e. The molecule has 0 bridgehead atoms. The highest BCUT2D eigenvalue weighted by atomic mass is 16.5. The van der Waals surface area contributed by atoms with Gasteiger partial charge < -0.3 is 10.1 Å². The van der Waals surface area contributed by atoms with Crippen molar-refractivity contribution in [2.45, 2.75) is 12.8 Å². The number of ketones is 2. The molecule has 26 heavy (non-hydrogen) atoms. The number of aromatic nitrogens is 1. The number of hydrogen-bond donors (Lipinski definition) is 1. The van der Waals surface area contributed by atoms with Crippen LogP contribution in [-0.2, 0) is 27.2 Å². The molecule has 1 aliphatic carbocycles. The van der Waals surface area contributed by atoms with Crippen molar-refractivity contribution in [1.29, 1.82) is 0 Å². The molecule has 1 aliphatic rings. The molecule has 2 aromatic rings. The van der Waals surface area contributed by atoms with E-state index in [1.807, 2.05) is 0 Å². The summed E-state index contributed by atoms with van der Waals surface area (Å²) < 4.78 is 4.65. The molecule has 0 saturated heterocycles. The van der Waals surface area contributed by atoms with Gasteiger partial charge in [0, 0.05) is 31.6 Å². The van der Waals surface area contributed by atoms with E-state index < -0.39 is 5.97 Å². The molecule has 3 rings (SSSR count). The van der Waals surface area contributed by atoms with Crippen molar-refractivity contribution in [3.05, 3.63) is 64.4 Å². The minimum absolute atomic E-state index is 0.0956. The summed E-state index contributed by atoms with van der Waals surface area (Å²) in [5.74, 6) is -0.233. The van der Waals surface area contributed by atoms with Gasteiger partial charge in [0.1, 0.15) is 5.82 Å². The molecule has 6 nitrogen and oxygen atoms in total. The van der Waals surface area contributed by atoms with Crippen LogP contribution in [0.2, 0.25) is 0 Å². The van der Waals surface area contributed by atoms with Gasteiger partial charge in [-0.3, -0.25) is 9.59 Å². The molecule has 0 unspecified atom stereocenters. The summed E-state index contributed by atoms with van der Waals surface area (Å²) >= 11 is 0. The molecule has 132 valence electrons. The summed E-state index contributed by atoms with van der Waals surface area (Å²) in [6.45, 7) is 0. The number of hydrogen-bond acceptors (Lipinski definition) is 6. The van der Waals surface area contributed by atoms with Crippen LogP contribution < -0.4 is 5.32 Å². The second-order valence-corrected chi connectivity index (χ2v) is 5.92. The van der Waals surface area contributed by atoms with E-state index in [0.717, 1.165) is 16.7 Å². The van der Waals surface area contributed by atoms with Crippen molar-refractivity contribution < 1.29 is 19.1 Å². The minimum Gasteiger partial charge on any atom is -0.465 e. The first kappa shape index (κ1) is 17.5. The van der Waals surface area contributed by atoms with Crippen LogP contribution in [0.25, 0.3) is 6.08 Å². The van der Waals surface area contributed by atoms with Gasteiger partial charge in [0.25, 0.3) is 0 Å². The zero-order valence-corrected chi connectivity index (χ0v) is 14.5. The average molecular weight is 350 g/mol. The predicted molar refractivity (Wildman–Crippen MR) is 97.0 cm³/mol. The highest BCUT2D eigenvalue weighted by molar-refractivity contribution is 6.25. The number of methoxy groups -OCH3 is 1.